The van der Waals surface area contributed by atoms with Crippen LogP contribution in [0, 0.1) is 0 Å². The van der Waals surface area contributed by atoms with Gasteiger partial charge in [-0.25, -0.2) is 15.0 Å². The number of aromatic nitrogens is 4. The molecule has 1 unspecified atom stereocenters. The average Bonchev–Trinajstić information content (AvgIpc) is 3.38. The van der Waals surface area contributed by atoms with Crippen molar-refractivity contribution in [2.75, 3.05) is 19.0 Å². The van der Waals surface area contributed by atoms with Gasteiger partial charge in [-0.2, -0.15) is 0 Å². The minimum atomic E-state index is -0.767. The number of hydrogen-bond donors (Lipinski definition) is 2. The molecular formula is C29H29N5O2. The van der Waals surface area contributed by atoms with Gasteiger partial charge in [0.1, 0.15) is 23.1 Å². The lowest BCUT2D eigenvalue weighted by Crippen LogP contribution is -2.38. The minimum Gasteiger partial charge on any atom is -0.497 e. The van der Waals surface area contributed by atoms with Gasteiger partial charge < -0.3 is 19.7 Å². The number of nitrogens with one attached hydrogen (secondary N) is 1. The lowest BCUT2D eigenvalue weighted by molar-refractivity contribution is 0.264. The predicted octanol–water partition coefficient (Wildman–Crippen LogP) is 5.18. The minimum absolute atomic E-state index is 0.0531. The molecule has 0 amide bonds. The van der Waals surface area contributed by atoms with Crippen LogP contribution in [0.15, 0.2) is 97.6 Å². The molecule has 0 radical (unpaired) electrons. The number of fused-ring (bicyclic) bond motifs is 1. The van der Waals surface area contributed by atoms with E-state index in [1.165, 1.54) is 0 Å². The second kappa shape index (κ2) is 10.2. The highest BCUT2D eigenvalue weighted by Crippen LogP contribution is 2.41. The molecule has 2 aromatic heterocycles. The molecular weight excluding hydrogens is 450 g/mol. The Morgan fingerprint density at radius 2 is 1.47 bits per heavy atom. The standard InChI is InChI=1S/C29H29N5O2/c1-21(17-18-35)34-20-32-26-27(30-19-31-28(26)34)33-29(22-9-5-3-6-10-22,23-11-7-4-8-12-23)24-13-15-25(36-2)16-14-24/h3-16,19-21,35H,17-18H2,1-2H3,(H,30,31,33). The largest absolute Gasteiger partial charge is 0.497 e. The lowest BCUT2D eigenvalue weighted by Gasteiger charge is -2.37. The van der Waals surface area contributed by atoms with Gasteiger partial charge in [-0.1, -0.05) is 72.8 Å². The zero-order valence-corrected chi connectivity index (χ0v) is 20.4. The van der Waals surface area contributed by atoms with E-state index in [9.17, 15) is 5.11 Å². The van der Waals surface area contributed by atoms with Crippen molar-refractivity contribution in [1.82, 2.24) is 19.5 Å². The zero-order chi connectivity index (χ0) is 25.0. The molecule has 3 aromatic carbocycles. The number of imidazole rings is 1. The van der Waals surface area contributed by atoms with Crippen LogP contribution in [0.1, 0.15) is 36.1 Å². The molecule has 1 atom stereocenters. The van der Waals surface area contributed by atoms with Gasteiger partial charge in [0.2, 0.25) is 0 Å². The van der Waals surface area contributed by atoms with Crippen LogP contribution in [0.5, 0.6) is 5.75 Å². The maximum absolute atomic E-state index is 9.44. The SMILES string of the molecule is COc1ccc(C(Nc2ncnc3c2ncn3C(C)CCO)(c2ccccc2)c2ccccc2)cc1. The van der Waals surface area contributed by atoms with Crippen LogP contribution in [0.3, 0.4) is 0 Å². The summed E-state index contributed by atoms with van der Waals surface area (Å²) in [7, 11) is 1.67. The Labute approximate surface area is 210 Å². The molecule has 5 aromatic rings. The fourth-order valence-electron chi connectivity index (χ4n) is 4.70. The first-order valence-electron chi connectivity index (χ1n) is 12.0. The summed E-state index contributed by atoms with van der Waals surface area (Å²) in [5.41, 5.74) is 3.77. The van der Waals surface area contributed by atoms with E-state index >= 15 is 0 Å². The molecule has 0 spiro atoms. The molecule has 5 rings (SSSR count). The molecule has 0 saturated carbocycles. The number of ether oxygens (including phenoxy) is 1. The predicted molar refractivity (Wildman–Crippen MR) is 141 cm³/mol. The van der Waals surface area contributed by atoms with E-state index in [1.807, 2.05) is 60.0 Å². The number of aliphatic hydroxyl groups excluding tert-OH is 1. The Bertz CT molecular complexity index is 1380. The fourth-order valence-corrected chi connectivity index (χ4v) is 4.70. The van der Waals surface area contributed by atoms with Crippen LogP contribution in [0.2, 0.25) is 0 Å². The molecule has 0 bridgehead atoms. The van der Waals surface area contributed by atoms with Crippen LogP contribution in [-0.2, 0) is 5.54 Å². The van der Waals surface area contributed by atoms with Crippen molar-refractivity contribution in [2.24, 2.45) is 0 Å². The van der Waals surface area contributed by atoms with E-state index in [2.05, 4.69) is 56.7 Å². The van der Waals surface area contributed by atoms with Gasteiger partial charge >= 0.3 is 0 Å². The molecule has 2 N–H and O–H groups in total. The van der Waals surface area contributed by atoms with E-state index in [4.69, 9.17) is 4.74 Å². The van der Waals surface area contributed by atoms with Crippen LogP contribution < -0.4 is 10.1 Å². The monoisotopic (exact) mass is 479 g/mol. The number of hydrogen-bond acceptors (Lipinski definition) is 6. The first-order valence-corrected chi connectivity index (χ1v) is 12.0. The Hall–Kier alpha value is -4.23. The molecule has 0 aliphatic carbocycles. The highest BCUT2D eigenvalue weighted by Gasteiger charge is 2.37. The van der Waals surface area contributed by atoms with Crippen LogP contribution in [-0.4, -0.2) is 38.3 Å². The summed E-state index contributed by atoms with van der Waals surface area (Å²) in [5.74, 6) is 1.41. The third-order valence-electron chi connectivity index (χ3n) is 6.62. The molecule has 2 heterocycles. The van der Waals surface area contributed by atoms with E-state index in [0.29, 0.717) is 17.8 Å². The van der Waals surface area contributed by atoms with Crippen molar-refractivity contribution >= 4 is 17.0 Å². The normalized spacial score (nSPS) is 12.4. The molecule has 182 valence electrons. The Kier molecular flexibility index (Phi) is 6.64. The fraction of sp³-hybridized carbons (Fsp3) is 0.207. The van der Waals surface area contributed by atoms with Gasteiger partial charge in [-0.15, -0.1) is 0 Å². The number of aliphatic hydroxyl groups is 1. The summed E-state index contributed by atoms with van der Waals surface area (Å²) in [5, 5.41) is 13.2. The van der Waals surface area contributed by atoms with Gasteiger partial charge in [0.15, 0.2) is 11.5 Å². The third-order valence-corrected chi connectivity index (χ3v) is 6.62. The number of nitrogens with zero attached hydrogens (tertiary/aromatic N) is 4. The van der Waals surface area contributed by atoms with Gasteiger partial charge in [0.25, 0.3) is 0 Å². The van der Waals surface area contributed by atoms with Gasteiger partial charge in [0, 0.05) is 12.6 Å². The van der Waals surface area contributed by atoms with Crippen molar-refractivity contribution in [3.63, 3.8) is 0 Å². The Morgan fingerprint density at radius 3 is 2.06 bits per heavy atom. The Morgan fingerprint density at radius 1 is 0.861 bits per heavy atom. The number of benzene rings is 3. The molecule has 36 heavy (non-hydrogen) atoms. The number of anilines is 1. The first kappa shape index (κ1) is 23.5. The first-order chi connectivity index (χ1) is 17.7. The van der Waals surface area contributed by atoms with Crippen molar-refractivity contribution in [3.05, 3.63) is 114 Å². The summed E-state index contributed by atoms with van der Waals surface area (Å²) < 4.78 is 7.43. The van der Waals surface area contributed by atoms with Gasteiger partial charge in [0.05, 0.1) is 13.4 Å². The lowest BCUT2D eigenvalue weighted by atomic mass is 9.77. The van der Waals surface area contributed by atoms with Crippen LogP contribution in [0.4, 0.5) is 5.82 Å². The molecule has 0 aliphatic rings. The summed E-state index contributed by atoms with van der Waals surface area (Å²) in [6, 6.07) is 28.8. The van der Waals surface area contributed by atoms with Crippen molar-refractivity contribution < 1.29 is 9.84 Å². The van der Waals surface area contributed by atoms with Gasteiger partial charge in [-0.05, 0) is 42.2 Å². The van der Waals surface area contributed by atoms with E-state index in [-0.39, 0.29) is 12.6 Å². The van der Waals surface area contributed by atoms with Crippen LogP contribution >= 0.6 is 0 Å². The number of rotatable bonds is 9. The Balaban J connectivity index is 1.74. The number of methoxy groups -OCH3 is 1. The molecule has 7 heteroatoms. The molecule has 7 nitrogen and oxygen atoms in total. The van der Waals surface area contributed by atoms with E-state index < -0.39 is 5.54 Å². The van der Waals surface area contributed by atoms with E-state index in [1.54, 1.807) is 19.8 Å². The van der Waals surface area contributed by atoms with Crippen molar-refractivity contribution in [2.45, 2.75) is 24.9 Å². The highest BCUT2D eigenvalue weighted by atomic mass is 16.5. The smallest absolute Gasteiger partial charge is 0.165 e. The summed E-state index contributed by atoms with van der Waals surface area (Å²) in [4.78, 5) is 13.9. The quantitative estimate of drug-likeness (QED) is 0.283. The molecule has 0 aliphatic heterocycles. The summed E-state index contributed by atoms with van der Waals surface area (Å²) in [6.07, 6.45) is 3.94. The second-order valence-corrected chi connectivity index (χ2v) is 8.74. The van der Waals surface area contributed by atoms with Crippen molar-refractivity contribution in [3.8, 4) is 5.75 Å². The third kappa shape index (κ3) is 4.18. The maximum atomic E-state index is 9.44. The zero-order valence-electron chi connectivity index (χ0n) is 20.4. The van der Waals surface area contributed by atoms with Crippen LogP contribution in [0.25, 0.3) is 11.2 Å². The van der Waals surface area contributed by atoms with E-state index in [0.717, 1.165) is 28.1 Å². The van der Waals surface area contributed by atoms with Gasteiger partial charge in [-0.3, -0.25) is 0 Å². The second-order valence-electron chi connectivity index (χ2n) is 8.74. The van der Waals surface area contributed by atoms with Crippen molar-refractivity contribution in [1.29, 1.82) is 0 Å². The summed E-state index contributed by atoms with van der Waals surface area (Å²) >= 11 is 0. The highest BCUT2D eigenvalue weighted by molar-refractivity contribution is 5.84. The summed E-state index contributed by atoms with van der Waals surface area (Å²) in [6.45, 7) is 2.14. The maximum Gasteiger partial charge on any atom is 0.165 e. The average molecular weight is 480 g/mol. The molecule has 0 fully saturated rings. The topological polar surface area (TPSA) is 85.1 Å². The molecule has 0 saturated heterocycles.